The molecule has 162 valence electrons. The lowest BCUT2D eigenvalue weighted by Gasteiger charge is -2.32. The predicted octanol–water partition coefficient (Wildman–Crippen LogP) is 1.75. The van der Waals surface area contributed by atoms with Crippen molar-refractivity contribution in [1.29, 1.82) is 0 Å². The van der Waals surface area contributed by atoms with Crippen molar-refractivity contribution in [2.45, 2.75) is 32.2 Å². The molecule has 0 aliphatic carbocycles. The van der Waals surface area contributed by atoms with Crippen LogP contribution in [0.3, 0.4) is 0 Å². The second-order valence-electron chi connectivity index (χ2n) is 6.62. The number of carbonyl (C=O) groups excluding carboxylic acids is 2. The second kappa shape index (κ2) is 14.0. The molecule has 0 radical (unpaired) electrons. The van der Waals surface area contributed by atoms with Crippen LogP contribution in [0.1, 0.15) is 25.3 Å². The van der Waals surface area contributed by atoms with Crippen molar-refractivity contribution in [3.05, 3.63) is 35.9 Å². The van der Waals surface area contributed by atoms with E-state index in [2.05, 4.69) is 20.9 Å². The molecule has 1 aromatic carbocycles. The van der Waals surface area contributed by atoms with Crippen molar-refractivity contribution >= 4 is 41.9 Å². The van der Waals surface area contributed by atoms with Crippen molar-refractivity contribution in [3.8, 4) is 0 Å². The number of piperidine rings is 1. The lowest BCUT2D eigenvalue weighted by atomic mass is 10.1. The molecular weight excluding hydrogens is 485 g/mol. The SMILES string of the molecule is CCOC(=O)N1CCC(NC(=NC)NCC(=O)NCCc2ccccc2)CC1.I. The molecule has 9 heteroatoms. The highest BCUT2D eigenvalue weighted by Crippen LogP contribution is 2.11. The van der Waals surface area contributed by atoms with Crippen LogP contribution in [-0.2, 0) is 16.0 Å². The summed E-state index contributed by atoms with van der Waals surface area (Å²) in [6.07, 6.45) is 2.17. The summed E-state index contributed by atoms with van der Waals surface area (Å²) in [5.41, 5.74) is 1.20. The van der Waals surface area contributed by atoms with Gasteiger partial charge in [0, 0.05) is 32.7 Å². The summed E-state index contributed by atoms with van der Waals surface area (Å²) in [4.78, 5) is 29.6. The summed E-state index contributed by atoms with van der Waals surface area (Å²) in [5.74, 6) is 0.517. The molecule has 1 aliphatic rings. The molecule has 0 saturated carbocycles. The molecule has 1 fully saturated rings. The third-order valence-electron chi connectivity index (χ3n) is 4.58. The average molecular weight is 517 g/mol. The zero-order valence-corrected chi connectivity index (χ0v) is 19.5. The average Bonchev–Trinajstić information content (AvgIpc) is 2.72. The topological polar surface area (TPSA) is 95.1 Å². The molecule has 0 bridgehead atoms. The van der Waals surface area contributed by atoms with E-state index in [0.29, 0.717) is 32.2 Å². The van der Waals surface area contributed by atoms with Crippen LogP contribution in [0.2, 0.25) is 0 Å². The number of nitrogens with one attached hydrogen (secondary N) is 3. The summed E-state index contributed by atoms with van der Waals surface area (Å²) in [6.45, 7) is 4.25. The van der Waals surface area contributed by atoms with Crippen LogP contribution < -0.4 is 16.0 Å². The summed E-state index contributed by atoms with van der Waals surface area (Å²) in [6, 6.07) is 10.3. The minimum Gasteiger partial charge on any atom is -0.450 e. The number of nitrogens with zero attached hydrogens (tertiary/aromatic N) is 2. The highest BCUT2D eigenvalue weighted by atomic mass is 127. The third-order valence-corrected chi connectivity index (χ3v) is 4.58. The second-order valence-corrected chi connectivity index (χ2v) is 6.62. The standard InChI is InChI=1S/C20H31N5O3.HI/c1-3-28-20(27)25-13-10-17(11-14-25)24-19(21-2)23-15-18(26)22-12-9-16-7-5-4-6-8-16;/h4-8,17H,3,9-15H2,1-2H3,(H,22,26)(H2,21,23,24);1H. The van der Waals surface area contributed by atoms with Gasteiger partial charge in [-0.1, -0.05) is 30.3 Å². The number of amides is 2. The van der Waals surface area contributed by atoms with E-state index in [9.17, 15) is 9.59 Å². The maximum atomic E-state index is 12.0. The minimum atomic E-state index is -0.254. The van der Waals surface area contributed by atoms with Gasteiger partial charge in [0.2, 0.25) is 5.91 Å². The third kappa shape index (κ3) is 9.33. The molecule has 2 amide bonds. The predicted molar refractivity (Wildman–Crippen MR) is 125 cm³/mol. The highest BCUT2D eigenvalue weighted by molar-refractivity contribution is 14.0. The van der Waals surface area contributed by atoms with E-state index in [-0.39, 0.29) is 48.6 Å². The lowest BCUT2D eigenvalue weighted by Crippen LogP contribution is -2.51. The Morgan fingerprint density at radius 1 is 1.17 bits per heavy atom. The first-order valence-electron chi connectivity index (χ1n) is 9.82. The van der Waals surface area contributed by atoms with Crippen molar-refractivity contribution in [1.82, 2.24) is 20.9 Å². The Kier molecular flexibility index (Phi) is 12.1. The number of hydrogen-bond donors (Lipinski definition) is 3. The first kappa shape index (κ1) is 25.0. The lowest BCUT2D eigenvalue weighted by molar-refractivity contribution is -0.119. The van der Waals surface area contributed by atoms with Crippen LogP contribution in [-0.4, -0.2) is 68.7 Å². The fraction of sp³-hybridized carbons (Fsp3) is 0.550. The number of hydrogen-bond acceptors (Lipinski definition) is 4. The maximum absolute atomic E-state index is 12.0. The van der Waals surface area contributed by atoms with Crippen LogP contribution in [0.5, 0.6) is 0 Å². The summed E-state index contributed by atoms with van der Waals surface area (Å²) in [7, 11) is 1.68. The minimum absolute atomic E-state index is 0. The van der Waals surface area contributed by atoms with Gasteiger partial charge in [0.05, 0.1) is 13.2 Å². The van der Waals surface area contributed by atoms with E-state index in [1.807, 2.05) is 30.3 Å². The number of benzene rings is 1. The van der Waals surface area contributed by atoms with E-state index < -0.39 is 0 Å². The maximum Gasteiger partial charge on any atom is 0.409 e. The summed E-state index contributed by atoms with van der Waals surface area (Å²) < 4.78 is 5.03. The van der Waals surface area contributed by atoms with E-state index >= 15 is 0 Å². The Balaban J connectivity index is 0.00000420. The number of carbonyl (C=O) groups is 2. The molecule has 0 aromatic heterocycles. The van der Waals surface area contributed by atoms with Gasteiger partial charge in [-0.15, -0.1) is 24.0 Å². The number of rotatable bonds is 7. The molecule has 8 nitrogen and oxygen atoms in total. The first-order valence-corrected chi connectivity index (χ1v) is 9.82. The van der Waals surface area contributed by atoms with Crippen molar-refractivity contribution in [3.63, 3.8) is 0 Å². The van der Waals surface area contributed by atoms with E-state index in [0.717, 1.165) is 19.3 Å². The number of halogens is 1. The van der Waals surface area contributed by atoms with Gasteiger partial charge in [-0.25, -0.2) is 4.79 Å². The Bertz CT molecular complexity index is 649. The van der Waals surface area contributed by atoms with Crippen molar-refractivity contribution in [2.75, 3.05) is 39.8 Å². The molecule has 2 rings (SSSR count). The molecule has 1 aliphatic heterocycles. The highest BCUT2D eigenvalue weighted by Gasteiger charge is 2.24. The van der Waals surface area contributed by atoms with Gasteiger partial charge < -0.3 is 25.6 Å². The van der Waals surface area contributed by atoms with Gasteiger partial charge >= 0.3 is 6.09 Å². The number of aliphatic imine (C=N–C) groups is 1. The molecule has 0 unspecified atom stereocenters. The molecule has 3 N–H and O–H groups in total. The van der Waals surface area contributed by atoms with E-state index in [1.54, 1.807) is 18.9 Å². The smallest absolute Gasteiger partial charge is 0.409 e. The Labute approximate surface area is 189 Å². The van der Waals surface area contributed by atoms with Crippen LogP contribution in [0.4, 0.5) is 4.79 Å². The summed E-state index contributed by atoms with van der Waals surface area (Å²) >= 11 is 0. The largest absolute Gasteiger partial charge is 0.450 e. The number of guanidine groups is 1. The van der Waals surface area contributed by atoms with Gasteiger partial charge in [-0.3, -0.25) is 9.79 Å². The van der Waals surface area contributed by atoms with Crippen LogP contribution in [0.25, 0.3) is 0 Å². The molecule has 29 heavy (non-hydrogen) atoms. The monoisotopic (exact) mass is 517 g/mol. The zero-order valence-electron chi connectivity index (χ0n) is 17.1. The fourth-order valence-electron chi connectivity index (χ4n) is 3.03. The van der Waals surface area contributed by atoms with Gasteiger partial charge in [0.25, 0.3) is 0 Å². The van der Waals surface area contributed by atoms with Gasteiger partial charge in [-0.2, -0.15) is 0 Å². The molecule has 1 saturated heterocycles. The number of likely N-dealkylation sites (tertiary alicyclic amines) is 1. The van der Waals surface area contributed by atoms with Crippen LogP contribution in [0.15, 0.2) is 35.3 Å². The quantitative estimate of drug-likeness (QED) is 0.291. The van der Waals surface area contributed by atoms with Crippen LogP contribution >= 0.6 is 24.0 Å². The number of ether oxygens (including phenoxy) is 1. The van der Waals surface area contributed by atoms with Gasteiger partial charge in [0.15, 0.2) is 5.96 Å². The normalized spacial score (nSPS) is 14.6. The Morgan fingerprint density at radius 3 is 2.48 bits per heavy atom. The fourth-order valence-corrected chi connectivity index (χ4v) is 3.03. The first-order chi connectivity index (χ1) is 13.6. The van der Waals surface area contributed by atoms with Crippen molar-refractivity contribution in [2.24, 2.45) is 4.99 Å². The van der Waals surface area contributed by atoms with Gasteiger partial charge in [0.1, 0.15) is 0 Å². The Morgan fingerprint density at radius 2 is 1.86 bits per heavy atom. The summed E-state index contributed by atoms with van der Waals surface area (Å²) in [5, 5.41) is 9.26. The molecule has 0 atom stereocenters. The van der Waals surface area contributed by atoms with E-state index in [1.165, 1.54) is 5.56 Å². The van der Waals surface area contributed by atoms with Gasteiger partial charge in [-0.05, 0) is 31.7 Å². The zero-order chi connectivity index (χ0) is 20.2. The van der Waals surface area contributed by atoms with Crippen LogP contribution in [0, 0.1) is 0 Å². The van der Waals surface area contributed by atoms with Crippen molar-refractivity contribution < 1.29 is 14.3 Å². The molecule has 1 heterocycles. The molecular formula is C20H32IN5O3. The Hall–Kier alpha value is -2.04. The van der Waals surface area contributed by atoms with E-state index in [4.69, 9.17) is 4.74 Å². The molecule has 0 spiro atoms. The molecule has 1 aromatic rings.